The van der Waals surface area contributed by atoms with E-state index in [0.717, 1.165) is 12.1 Å². The largest absolute Gasteiger partial charge is 0.485 e. The van der Waals surface area contributed by atoms with Crippen LogP contribution in [-0.4, -0.2) is 24.6 Å². The van der Waals surface area contributed by atoms with Crippen LogP contribution in [-0.2, 0) is 0 Å². The average molecular weight is 349 g/mol. The smallest absolute Gasteiger partial charge is 0.319 e. The normalized spacial score (nSPS) is 11.5. The number of amides is 3. The zero-order valence-electron chi connectivity index (χ0n) is 13.4. The van der Waals surface area contributed by atoms with Crippen molar-refractivity contribution in [2.75, 3.05) is 11.9 Å². The number of hydrogen-bond acceptors (Lipinski definition) is 3. The van der Waals surface area contributed by atoms with E-state index in [1.807, 2.05) is 0 Å². The van der Waals surface area contributed by atoms with E-state index < -0.39 is 35.4 Å². The molecule has 132 valence electrons. The van der Waals surface area contributed by atoms with Crippen LogP contribution < -0.4 is 21.1 Å². The molecule has 0 unspecified atom stereocenters. The van der Waals surface area contributed by atoms with Gasteiger partial charge in [-0.25, -0.2) is 13.6 Å². The molecule has 0 fully saturated rings. The Bertz CT molecular complexity index is 763. The molecular weight excluding hydrogens is 332 g/mol. The molecule has 0 aliphatic heterocycles. The van der Waals surface area contributed by atoms with E-state index in [1.165, 1.54) is 18.2 Å². The lowest BCUT2D eigenvalue weighted by Crippen LogP contribution is -2.39. The third-order valence-electron chi connectivity index (χ3n) is 3.18. The lowest BCUT2D eigenvalue weighted by Gasteiger charge is -2.16. The van der Waals surface area contributed by atoms with Gasteiger partial charge in [0.2, 0.25) is 5.91 Å². The third kappa shape index (κ3) is 5.17. The summed E-state index contributed by atoms with van der Waals surface area (Å²) in [7, 11) is 0. The zero-order chi connectivity index (χ0) is 18.4. The summed E-state index contributed by atoms with van der Waals surface area (Å²) in [5, 5.41) is 5.08. The minimum absolute atomic E-state index is 0.132. The minimum atomic E-state index is -0.820. The Morgan fingerprint density at radius 1 is 1.16 bits per heavy atom. The van der Waals surface area contributed by atoms with Crippen LogP contribution >= 0.6 is 0 Å². The third-order valence-corrected chi connectivity index (χ3v) is 3.18. The molecule has 3 amide bonds. The molecule has 2 aromatic rings. The number of carbonyl (C=O) groups excluding carboxylic acids is 2. The SMILES string of the molecule is C[C@@H](COc1c(F)cccc1F)NC(=O)Nc1cccc(C(N)=O)c1. The van der Waals surface area contributed by atoms with E-state index in [9.17, 15) is 18.4 Å². The Morgan fingerprint density at radius 3 is 2.44 bits per heavy atom. The Balaban J connectivity index is 1.88. The van der Waals surface area contributed by atoms with Crippen molar-refractivity contribution in [3.05, 3.63) is 59.7 Å². The molecule has 0 aromatic heterocycles. The summed E-state index contributed by atoms with van der Waals surface area (Å²) in [5.41, 5.74) is 5.80. The lowest BCUT2D eigenvalue weighted by molar-refractivity contribution is 0.1000. The summed E-state index contributed by atoms with van der Waals surface area (Å²) < 4.78 is 32.0. The quantitative estimate of drug-likeness (QED) is 0.748. The Labute approximate surface area is 143 Å². The second-order valence-electron chi connectivity index (χ2n) is 5.31. The van der Waals surface area contributed by atoms with Crippen molar-refractivity contribution in [2.45, 2.75) is 13.0 Å². The first-order valence-corrected chi connectivity index (χ1v) is 7.41. The maximum Gasteiger partial charge on any atom is 0.319 e. The molecule has 6 nitrogen and oxygen atoms in total. The van der Waals surface area contributed by atoms with Crippen molar-refractivity contribution in [1.29, 1.82) is 0 Å². The number of hydrogen-bond donors (Lipinski definition) is 3. The number of rotatable bonds is 6. The van der Waals surface area contributed by atoms with Crippen molar-refractivity contribution in [3.63, 3.8) is 0 Å². The Kier molecular flexibility index (Phi) is 5.89. The number of carbonyl (C=O) groups is 2. The average Bonchev–Trinajstić information content (AvgIpc) is 2.54. The first kappa shape index (κ1) is 18.2. The second kappa shape index (κ2) is 8.09. The number of ether oxygens (including phenoxy) is 1. The van der Waals surface area contributed by atoms with Gasteiger partial charge >= 0.3 is 6.03 Å². The summed E-state index contributed by atoms with van der Waals surface area (Å²) in [5.74, 6) is -2.75. The van der Waals surface area contributed by atoms with Crippen LogP contribution in [0, 0.1) is 11.6 Å². The van der Waals surface area contributed by atoms with E-state index in [2.05, 4.69) is 10.6 Å². The number of benzene rings is 2. The zero-order valence-corrected chi connectivity index (χ0v) is 13.4. The van der Waals surface area contributed by atoms with E-state index >= 15 is 0 Å². The molecule has 8 heteroatoms. The number of para-hydroxylation sites is 1. The maximum absolute atomic E-state index is 13.5. The van der Waals surface area contributed by atoms with Crippen molar-refractivity contribution in [3.8, 4) is 5.75 Å². The highest BCUT2D eigenvalue weighted by molar-refractivity contribution is 5.95. The van der Waals surface area contributed by atoms with Gasteiger partial charge in [-0.15, -0.1) is 0 Å². The van der Waals surface area contributed by atoms with Gasteiger partial charge in [-0.2, -0.15) is 0 Å². The van der Waals surface area contributed by atoms with Crippen LogP contribution in [0.2, 0.25) is 0 Å². The lowest BCUT2D eigenvalue weighted by atomic mass is 10.2. The molecule has 0 heterocycles. The number of nitrogens with one attached hydrogen (secondary N) is 2. The van der Waals surface area contributed by atoms with Gasteiger partial charge < -0.3 is 21.1 Å². The molecule has 1 atom stereocenters. The van der Waals surface area contributed by atoms with Gasteiger partial charge in [0, 0.05) is 11.3 Å². The molecule has 2 rings (SSSR count). The van der Waals surface area contributed by atoms with Crippen molar-refractivity contribution in [1.82, 2.24) is 5.32 Å². The molecule has 0 saturated heterocycles. The second-order valence-corrected chi connectivity index (χ2v) is 5.31. The first-order valence-electron chi connectivity index (χ1n) is 7.41. The number of primary amides is 1. The monoisotopic (exact) mass is 349 g/mol. The molecule has 25 heavy (non-hydrogen) atoms. The van der Waals surface area contributed by atoms with Gasteiger partial charge in [-0.05, 0) is 37.3 Å². The molecule has 0 bridgehead atoms. The molecule has 0 aliphatic carbocycles. The predicted octanol–water partition coefficient (Wildman–Crippen LogP) is 2.65. The molecule has 0 spiro atoms. The van der Waals surface area contributed by atoms with Crippen molar-refractivity contribution >= 4 is 17.6 Å². The topological polar surface area (TPSA) is 93.4 Å². The predicted molar refractivity (Wildman–Crippen MR) is 88.4 cm³/mol. The fraction of sp³-hybridized carbons (Fsp3) is 0.176. The number of urea groups is 1. The van der Waals surface area contributed by atoms with Crippen molar-refractivity contribution < 1.29 is 23.1 Å². The molecule has 0 aliphatic rings. The number of nitrogens with two attached hydrogens (primary N) is 1. The van der Waals surface area contributed by atoms with Gasteiger partial charge in [0.15, 0.2) is 17.4 Å². The maximum atomic E-state index is 13.5. The van der Waals surface area contributed by atoms with Crippen LogP contribution in [0.25, 0.3) is 0 Å². The van der Waals surface area contributed by atoms with Crippen LogP contribution in [0.4, 0.5) is 19.3 Å². The molecule has 4 N–H and O–H groups in total. The van der Waals surface area contributed by atoms with Gasteiger partial charge in [-0.1, -0.05) is 12.1 Å². The Hall–Kier alpha value is -3.16. The molecule has 2 aromatic carbocycles. The minimum Gasteiger partial charge on any atom is -0.485 e. The highest BCUT2D eigenvalue weighted by Crippen LogP contribution is 2.20. The molecule has 0 saturated carbocycles. The van der Waals surface area contributed by atoms with Crippen LogP contribution in [0.5, 0.6) is 5.75 Å². The summed E-state index contributed by atoms with van der Waals surface area (Å²) in [6.07, 6.45) is 0. The molecular formula is C17H17F2N3O3. The Morgan fingerprint density at radius 2 is 1.80 bits per heavy atom. The van der Waals surface area contributed by atoms with Crippen LogP contribution in [0.3, 0.4) is 0 Å². The molecule has 0 radical (unpaired) electrons. The summed E-state index contributed by atoms with van der Waals surface area (Å²) >= 11 is 0. The van der Waals surface area contributed by atoms with Gasteiger partial charge in [0.1, 0.15) is 6.61 Å². The summed E-state index contributed by atoms with van der Waals surface area (Å²) in [6, 6.07) is 8.40. The van der Waals surface area contributed by atoms with Gasteiger partial charge in [-0.3, -0.25) is 4.79 Å². The van der Waals surface area contributed by atoms with E-state index in [-0.39, 0.29) is 12.2 Å². The fourth-order valence-corrected chi connectivity index (χ4v) is 2.01. The van der Waals surface area contributed by atoms with E-state index in [0.29, 0.717) is 5.69 Å². The highest BCUT2D eigenvalue weighted by Gasteiger charge is 2.13. The van der Waals surface area contributed by atoms with E-state index in [4.69, 9.17) is 10.5 Å². The van der Waals surface area contributed by atoms with Gasteiger partial charge in [0.05, 0.1) is 6.04 Å². The fourth-order valence-electron chi connectivity index (χ4n) is 2.01. The summed E-state index contributed by atoms with van der Waals surface area (Å²) in [6.45, 7) is 1.48. The number of halogens is 2. The standard InChI is InChI=1S/C17H17F2N3O3/c1-10(9-25-15-13(18)6-3-7-14(15)19)21-17(24)22-12-5-2-4-11(8-12)16(20)23/h2-8,10H,9H2,1H3,(H2,20,23)(H2,21,22,24)/t10-/m0/s1. The summed E-state index contributed by atoms with van der Waals surface area (Å²) in [4.78, 5) is 23.0. The number of anilines is 1. The van der Waals surface area contributed by atoms with Gasteiger partial charge in [0.25, 0.3) is 0 Å². The van der Waals surface area contributed by atoms with Crippen LogP contribution in [0.1, 0.15) is 17.3 Å². The van der Waals surface area contributed by atoms with Crippen molar-refractivity contribution in [2.24, 2.45) is 5.73 Å². The van der Waals surface area contributed by atoms with E-state index in [1.54, 1.807) is 19.1 Å². The highest BCUT2D eigenvalue weighted by atomic mass is 19.1. The first-order chi connectivity index (χ1) is 11.9. The van der Waals surface area contributed by atoms with Crippen LogP contribution in [0.15, 0.2) is 42.5 Å².